The number of carbonyl (C=O) groups excluding carboxylic acids is 1. The first-order valence-electron chi connectivity index (χ1n) is 10.8. The number of nitrogens with zero attached hydrogens (tertiary/aromatic N) is 1. The standard InChI is InChI=1S/C26H29NO4S/c1-4-20(3)27(19-21-10-9-13-25(18-21)31-32(29,30)5-2)26(28)24-16-14-23(15-17-24)22-11-7-6-8-12-22/h6-18,20H,4-5,19H2,1-3H3. The zero-order chi connectivity index (χ0) is 23.1. The largest absolute Gasteiger partial charge is 0.382 e. The average molecular weight is 452 g/mol. The molecule has 5 nitrogen and oxygen atoms in total. The van der Waals surface area contributed by atoms with Crippen LogP contribution in [0.5, 0.6) is 5.75 Å². The molecule has 0 heterocycles. The van der Waals surface area contributed by atoms with E-state index in [1.165, 1.54) is 6.92 Å². The van der Waals surface area contributed by atoms with Crippen LogP contribution in [-0.4, -0.2) is 31.0 Å². The number of hydrogen-bond acceptors (Lipinski definition) is 4. The zero-order valence-electron chi connectivity index (χ0n) is 18.7. The molecule has 0 N–H and O–H groups in total. The fraction of sp³-hybridized carbons (Fsp3) is 0.269. The molecule has 0 aliphatic carbocycles. The van der Waals surface area contributed by atoms with Crippen molar-refractivity contribution in [3.63, 3.8) is 0 Å². The van der Waals surface area contributed by atoms with Crippen molar-refractivity contribution in [1.82, 2.24) is 4.90 Å². The predicted octanol–water partition coefficient (Wildman–Crippen LogP) is 5.52. The van der Waals surface area contributed by atoms with Crippen molar-refractivity contribution < 1.29 is 17.4 Å². The molecule has 0 aliphatic rings. The van der Waals surface area contributed by atoms with E-state index in [0.29, 0.717) is 12.1 Å². The number of hydrogen-bond donors (Lipinski definition) is 0. The molecule has 0 radical (unpaired) electrons. The quantitative estimate of drug-likeness (QED) is 0.402. The van der Waals surface area contributed by atoms with Gasteiger partial charge in [0.25, 0.3) is 5.91 Å². The van der Waals surface area contributed by atoms with Gasteiger partial charge in [0.05, 0.1) is 5.75 Å². The highest BCUT2D eigenvalue weighted by Gasteiger charge is 2.21. The second-order valence-corrected chi connectivity index (χ2v) is 9.57. The first-order chi connectivity index (χ1) is 15.3. The van der Waals surface area contributed by atoms with E-state index in [0.717, 1.165) is 23.1 Å². The minimum absolute atomic E-state index is 0.0141. The molecule has 0 bridgehead atoms. The van der Waals surface area contributed by atoms with Crippen LogP contribution < -0.4 is 4.18 Å². The van der Waals surface area contributed by atoms with Gasteiger partial charge in [-0.15, -0.1) is 0 Å². The molecule has 0 saturated heterocycles. The Hall–Kier alpha value is -3.12. The number of rotatable bonds is 9. The minimum Gasteiger partial charge on any atom is -0.382 e. The van der Waals surface area contributed by atoms with Crippen LogP contribution in [0, 0.1) is 0 Å². The summed E-state index contributed by atoms with van der Waals surface area (Å²) in [4.78, 5) is 15.2. The van der Waals surface area contributed by atoms with Crippen LogP contribution in [0.15, 0.2) is 78.9 Å². The summed E-state index contributed by atoms with van der Waals surface area (Å²) in [5.41, 5.74) is 3.58. The third-order valence-corrected chi connectivity index (χ3v) is 6.60. The number of carbonyl (C=O) groups is 1. The van der Waals surface area contributed by atoms with Gasteiger partial charge in [-0.2, -0.15) is 8.42 Å². The Bertz CT molecular complexity index is 1140. The van der Waals surface area contributed by atoms with Gasteiger partial charge in [-0.05, 0) is 61.2 Å². The van der Waals surface area contributed by atoms with Crippen molar-refractivity contribution in [3.05, 3.63) is 90.0 Å². The van der Waals surface area contributed by atoms with E-state index >= 15 is 0 Å². The Morgan fingerprint density at radius 2 is 1.56 bits per heavy atom. The molecule has 1 amide bonds. The van der Waals surface area contributed by atoms with Crippen molar-refractivity contribution in [2.45, 2.75) is 39.8 Å². The Morgan fingerprint density at radius 1 is 0.906 bits per heavy atom. The summed E-state index contributed by atoms with van der Waals surface area (Å²) >= 11 is 0. The van der Waals surface area contributed by atoms with Crippen LogP contribution in [0.3, 0.4) is 0 Å². The fourth-order valence-electron chi connectivity index (χ4n) is 3.35. The van der Waals surface area contributed by atoms with Crippen molar-refractivity contribution in [3.8, 4) is 16.9 Å². The van der Waals surface area contributed by atoms with Gasteiger partial charge < -0.3 is 9.08 Å². The van der Waals surface area contributed by atoms with Gasteiger partial charge in [0, 0.05) is 18.2 Å². The molecule has 3 aromatic carbocycles. The zero-order valence-corrected chi connectivity index (χ0v) is 19.5. The van der Waals surface area contributed by atoms with E-state index in [1.807, 2.05) is 79.4 Å². The highest BCUT2D eigenvalue weighted by atomic mass is 32.2. The van der Waals surface area contributed by atoms with Gasteiger partial charge in [-0.3, -0.25) is 4.79 Å². The lowest BCUT2D eigenvalue weighted by Gasteiger charge is -2.29. The third kappa shape index (κ3) is 5.98. The van der Waals surface area contributed by atoms with Crippen molar-refractivity contribution in [2.75, 3.05) is 5.75 Å². The monoisotopic (exact) mass is 451 g/mol. The van der Waals surface area contributed by atoms with Gasteiger partial charge in [0.2, 0.25) is 0 Å². The summed E-state index contributed by atoms with van der Waals surface area (Å²) in [6, 6.07) is 24.6. The van der Waals surface area contributed by atoms with Crippen LogP contribution in [0.4, 0.5) is 0 Å². The van der Waals surface area contributed by atoms with E-state index < -0.39 is 10.1 Å². The normalized spacial score (nSPS) is 12.2. The molecule has 0 fully saturated rings. The van der Waals surface area contributed by atoms with Gasteiger partial charge in [-0.25, -0.2) is 0 Å². The van der Waals surface area contributed by atoms with Gasteiger partial charge >= 0.3 is 10.1 Å². The highest BCUT2D eigenvalue weighted by Crippen LogP contribution is 2.23. The topological polar surface area (TPSA) is 63.7 Å². The van der Waals surface area contributed by atoms with Crippen molar-refractivity contribution >= 4 is 16.0 Å². The maximum atomic E-state index is 13.4. The van der Waals surface area contributed by atoms with Crippen LogP contribution in [0.25, 0.3) is 11.1 Å². The summed E-state index contributed by atoms with van der Waals surface area (Å²) in [7, 11) is -3.61. The first kappa shape index (κ1) is 23.5. The van der Waals surface area contributed by atoms with E-state index in [9.17, 15) is 13.2 Å². The molecule has 168 valence electrons. The molecular weight excluding hydrogens is 422 g/mol. The molecule has 1 unspecified atom stereocenters. The second kappa shape index (κ2) is 10.5. The van der Waals surface area contributed by atoms with E-state index in [-0.39, 0.29) is 23.5 Å². The minimum atomic E-state index is -3.61. The molecule has 0 aliphatic heterocycles. The van der Waals surface area contributed by atoms with Crippen molar-refractivity contribution in [1.29, 1.82) is 0 Å². The summed E-state index contributed by atoms with van der Waals surface area (Å²) in [6.07, 6.45) is 0.800. The second-order valence-electron chi connectivity index (χ2n) is 7.71. The molecular formula is C26H29NO4S. The molecule has 3 rings (SSSR count). The number of amides is 1. The Balaban J connectivity index is 1.82. The van der Waals surface area contributed by atoms with Crippen molar-refractivity contribution in [2.24, 2.45) is 0 Å². The number of benzene rings is 3. The summed E-state index contributed by atoms with van der Waals surface area (Å²) < 4.78 is 28.7. The highest BCUT2D eigenvalue weighted by molar-refractivity contribution is 7.87. The average Bonchev–Trinajstić information content (AvgIpc) is 2.82. The fourth-order valence-corrected chi connectivity index (χ4v) is 3.86. The van der Waals surface area contributed by atoms with Gasteiger partial charge in [-0.1, -0.05) is 61.5 Å². The SMILES string of the molecule is CCC(C)N(Cc1cccc(OS(=O)(=O)CC)c1)C(=O)c1ccc(-c2ccccc2)cc1. The van der Waals surface area contributed by atoms with Crippen LogP contribution >= 0.6 is 0 Å². The lowest BCUT2D eigenvalue weighted by molar-refractivity contribution is 0.0671. The third-order valence-electron chi connectivity index (χ3n) is 5.45. The molecule has 3 aromatic rings. The van der Waals surface area contributed by atoms with E-state index in [2.05, 4.69) is 0 Å². The summed E-state index contributed by atoms with van der Waals surface area (Å²) in [5.74, 6) is 0.0906. The molecule has 32 heavy (non-hydrogen) atoms. The maximum Gasteiger partial charge on any atom is 0.308 e. The summed E-state index contributed by atoms with van der Waals surface area (Å²) in [6.45, 7) is 5.94. The maximum absolute atomic E-state index is 13.4. The molecule has 6 heteroatoms. The van der Waals surface area contributed by atoms with E-state index in [1.54, 1.807) is 18.2 Å². The Labute approximate surface area is 190 Å². The Kier molecular flexibility index (Phi) is 7.70. The van der Waals surface area contributed by atoms with Crippen LogP contribution in [0.1, 0.15) is 43.1 Å². The first-order valence-corrected chi connectivity index (χ1v) is 12.4. The predicted molar refractivity (Wildman–Crippen MR) is 128 cm³/mol. The summed E-state index contributed by atoms with van der Waals surface area (Å²) in [5, 5.41) is 0. The van der Waals surface area contributed by atoms with Gasteiger partial charge in [0.15, 0.2) is 0 Å². The molecule has 0 aromatic heterocycles. The molecule has 0 spiro atoms. The lowest BCUT2D eigenvalue weighted by atomic mass is 10.0. The van der Waals surface area contributed by atoms with Crippen LogP contribution in [0.2, 0.25) is 0 Å². The smallest absolute Gasteiger partial charge is 0.308 e. The Morgan fingerprint density at radius 3 is 2.19 bits per heavy atom. The van der Waals surface area contributed by atoms with Crippen LogP contribution in [-0.2, 0) is 16.7 Å². The van der Waals surface area contributed by atoms with E-state index in [4.69, 9.17) is 4.18 Å². The lowest BCUT2D eigenvalue weighted by Crippen LogP contribution is -2.37. The molecule has 0 saturated carbocycles. The van der Waals surface area contributed by atoms with Gasteiger partial charge in [0.1, 0.15) is 5.75 Å². The molecule has 1 atom stereocenters.